The Kier molecular flexibility index (Phi) is 38.2. The largest absolute Gasteiger partial charge is 0.0654 e. The van der Waals surface area contributed by atoms with E-state index in [9.17, 15) is 0 Å². The Morgan fingerprint density at radius 1 is 0.186 bits per heavy atom. The highest BCUT2D eigenvalue weighted by atomic mass is 14.3. The molecule has 0 heteroatoms. The molecule has 0 aliphatic rings. The van der Waals surface area contributed by atoms with Crippen molar-refractivity contribution in [2.75, 3.05) is 0 Å². The molecule has 2 atom stereocenters. The molecule has 0 N–H and O–H groups in total. The highest BCUT2D eigenvalue weighted by Crippen LogP contribution is 2.34. The maximum Gasteiger partial charge on any atom is -0.0386 e. The second-order valence-corrected chi connectivity index (χ2v) is 14.9. The van der Waals surface area contributed by atoms with Gasteiger partial charge in [0.2, 0.25) is 0 Å². The van der Waals surface area contributed by atoms with Crippen molar-refractivity contribution in [3.8, 4) is 0 Å². The summed E-state index contributed by atoms with van der Waals surface area (Å²) in [4.78, 5) is 0. The van der Waals surface area contributed by atoms with Gasteiger partial charge in [-0.25, -0.2) is 0 Å². The minimum absolute atomic E-state index is 1.03. The molecule has 0 aromatic heterocycles. The fraction of sp³-hybridized carbons (Fsp3) is 1.00. The number of unbranched alkanes of at least 4 members (excludes halogenated alkanes) is 29. The summed E-state index contributed by atoms with van der Waals surface area (Å²) < 4.78 is 0. The number of hydrogen-bond acceptors (Lipinski definition) is 0. The molecule has 0 rings (SSSR count). The second-order valence-electron chi connectivity index (χ2n) is 14.9. The van der Waals surface area contributed by atoms with Gasteiger partial charge in [-0.05, 0) is 11.8 Å². The van der Waals surface area contributed by atoms with Gasteiger partial charge in [0.15, 0.2) is 0 Å². The van der Waals surface area contributed by atoms with Crippen LogP contribution >= 0.6 is 0 Å². The molecule has 0 heterocycles. The highest BCUT2D eigenvalue weighted by Gasteiger charge is 2.20. The zero-order chi connectivity index (χ0) is 31.3. The topological polar surface area (TPSA) is 0 Å². The molecule has 0 aromatic rings. The third kappa shape index (κ3) is 33.2. The fourth-order valence-electron chi connectivity index (χ4n) is 7.57. The van der Waals surface area contributed by atoms with Gasteiger partial charge in [0, 0.05) is 0 Å². The van der Waals surface area contributed by atoms with Crippen molar-refractivity contribution in [1.29, 1.82) is 0 Å². The molecule has 0 aromatic carbocycles. The van der Waals surface area contributed by atoms with E-state index in [0.29, 0.717) is 0 Å². The van der Waals surface area contributed by atoms with E-state index in [4.69, 9.17) is 0 Å². The van der Waals surface area contributed by atoms with Crippen LogP contribution in [-0.4, -0.2) is 0 Å². The third-order valence-electron chi connectivity index (χ3n) is 10.6. The molecule has 0 amide bonds. The predicted molar refractivity (Wildman–Crippen MR) is 201 cm³/mol. The Labute approximate surface area is 276 Å². The van der Waals surface area contributed by atoms with Gasteiger partial charge in [0.25, 0.3) is 0 Å². The van der Waals surface area contributed by atoms with E-state index in [1.807, 2.05) is 0 Å². The highest BCUT2D eigenvalue weighted by molar-refractivity contribution is 4.72. The molecule has 260 valence electrons. The van der Waals surface area contributed by atoms with Crippen LogP contribution in [0.3, 0.4) is 0 Å². The van der Waals surface area contributed by atoms with Crippen molar-refractivity contribution in [3.05, 3.63) is 0 Å². The van der Waals surface area contributed by atoms with Crippen LogP contribution in [0.5, 0.6) is 0 Å². The Hall–Kier alpha value is 0. The molecule has 43 heavy (non-hydrogen) atoms. The maximum atomic E-state index is 2.35. The van der Waals surface area contributed by atoms with Gasteiger partial charge in [-0.3, -0.25) is 0 Å². The van der Waals surface area contributed by atoms with Crippen molar-refractivity contribution in [2.45, 2.75) is 265 Å². The maximum absolute atomic E-state index is 2.35. The van der Waals surface area contributed by atoms with Crippen LogP contribution in [0.15, 0.2) is 0 Å². The lowest BCUT2D eigenvalue weighted by atomic mass is 9.78. The van der Waals surface area contributed by atoms with E-state index < -0.39 is 0 Å². The van der Waals surface area contributed by atoms with E-state index in [-0.39, 0.29) is 0 Å². The average Bonchev–Trinajstić information content (AvgIpc) is 3.02. The summed E-state index contributed by atoms with van der Waals surface area (Å²) in [6, 6.07) is 0. The van der Waals surface area contributed by atoms with E-state index >= 15 is 0 Å². The van der Waals surface area contributed by atoms with Crippen LogP contribution in [0.2, 0.25) is 0 Å². The van der Waals surface area contributed by atoms with Crippen molar-refractivity contribution in [2.24, 2.45) is 11.8 Å². The standard InChI is InChI=1S/C43H88/c1-5-9-13-17-21-24-26-29-33-37-40-42(38-34-30-20-16-12-8-4)43(39-35-31-27-23-19-15-11-7-3)41-36-32-28-25-22-18-14-10-6-2/h42-43H,5-41H2,1-4H3. The second kappa shape index (κ2) is 38.2. The zero-order valence-electron chi connectivity index (χ0n) is 31.3. The van der Waals surface area contributed by atoms with Gasteiger partial charge < -0.3 is 0 Å². The van der Waals surface area contributed by atoms with E-state index in [2.05, 4.69) is 27.7 Å². The summed E-state index contributed by atoms with van der Waals surface area (Å²) in [5.74, 6) is 2.05. The first kappa shape index (κ1) is 43.0. The van der Waals surface area contributed by atoms with Crippen molar-refractivity contribution < 1.29 is 0 Å². The monoisotopic (exact) mass is 605 g/mol. The zero-order valence-corrected chi connectivity index (χ0v) is 31.3. The van der Waals surface area contributed by atoms with Crippen LogP contribution in [0.4, 0.5) is 0 Å². The lowest BCUT2D eigenvalue weighted by molar-refractivity contribution is 0.236. The lowest BCUT2D eigenvalue weighted by Crippen LogP contribution is -2.16. The molecule has 0 radical (unpaired) electrons. The first-order valence-corrected chi connectivity index (χ1v) is 21.3. The SMILES string of the molecule is CCCCCCCCCCCCC(CCCCCCCC)C(CCCCCCCCCC)CCCCCCCCCCC. The Morgan fingerprint density at radius 2 is 0.326 bits per heavy atom. The Bertz CT molecular complexity index is 467. The normalized spacial score (nSPS) is 13.1. The van der Waals surface area contributed by atoms with Crippen LogP contribution in [0.1, 0.15) is 265 Å². The van der Waals surface area contributed by atoms with Gasteiger partial charge in [-0.1, -0.05) is 265 Å². The smallest absolute Gasteiger partial charge is 0.0386 e. The fourth-order valence-corrected chi connectivity index (χ4v) is 7.57. The molecule has 2 unspecified atom stereocenters. The van der Waals surface area contributed by atoms with Crippen LogP contribution in [-0.2, 0) is 0 Å². The van der Waals surface area contributed by atoms with Gasteiger partial charge in [0.05, 0.1) is 0 Å². The summed E-state index contributed by atoms with van der Waals surface area (Å²) in [7, 11) is 0. The third-order valence-corrected chi connectivity index (χ3v) is 10.6. The molecular formula is C43H88. The minimum atomic E-state index is 1.03. The van der Waals surface area contributed by atoms with Gasteiger partial charge in [0.1, 0.15) is 0 Å². The Morgan fingerprint density at radius 3 is 0.488 bits per heavy atom. The van der Waals surface area contributed by atoms with Crippen LogP contribution < -0.4 is 0 Å². The van der Waals surface area contributed by atoms with Crippen molar-refractivity contribution in [3.63, 3.8) is 0 Å². The summed E-state index contributed by atoms with van der Waals surface area (Å²) in [6.45, 7) is 9.35. The molecule has 0 saturated carbocycles. The molecule has 0 saturated heterocycles. The molecule has 0 bridgehead atoms. The lowest BCUT2D eigenvalue weighted by Gasteiger charge is -2.28. The van der Waals surface area contributed by atoms with Crippen molar-refractivity contribution >= 4 is 0 Å². The molecular weight excluding hydrogens is 516 g/mol. The molecule has 0 fully saturated rings. The number of rotatable bonds is 38. The molecule has 0 spiro atoms. The summed E-state index contributed by atoms with van der Waals surface area (Å²) in [6.07, 6.45) is 54.8. The average molecular weight is 605 g/mol. The predicted octanol–water partition coefficient (Wildman–Crippen LogP) is 16.7. The van der Waals surface area contributed by atoms with Crippen molar-refractivity contribution in [1.82, 2.24) is 0 Å². The van der Waals surface area contributed by atoms with E-state index in [0.717, 1.165) is 11.8 Å². The van der Waals surface area contributed by atoms with E-state index in [1.165, 1.54) is 212 Å². The molecule has 0 aliphatic heterocycles. The molecule has 0 aliphatic carbocycles. The number of hydrogen-bond donors (Lipinski definition) is 0. The quantitative estimate of drug-likeness (QED) is 0.0615. The van der Waals surface area contributed by atoms with Gasteiger partial charge >= 0.3 is 0 Å². The first-order valence-electron chi connectivity index (χ1n) is 21.3. The first-order chi connectivity index (χ1) is 21.3. The minimum Gasteiger partial charge on any atom is -0.0654 e. The van der Waals surface area contributed by atoms with Crippen LogP contribution in [0, 0.1) is 11.8 Å². The van der Waals surface area contributed by atoms with E-state index in [1.54, 1.807) is 25.7 Å². The molecule has 0 nitrogen and oxygen atoms in total. The van der Waals surface area contributed by atoms with Gasteiger partial charge in [-0.15, -0.1) is 0 Å². The Balaban J connectivity index is 4.70. The summed E-state index contributed by atoms with van der Waals surface area (Å²) >= 11 is 0. The summed E-state index contributed by atoms with van der Waals surface area (Å²) in [5, 5.41) is 0. The van der Waals surface area contributed by atoms with Gasteiger partial charge in [-0.2, -0.15) is 0 Å². The van der Waals surface area contributed by atoms with Crippen LogP contribution in [0.25, 0.3) is 0 Å². The summed E-state index contributed by atoms with van der Waals surface area (Å²) in [5.41, 5.74) is 0.